The summed E-state index contributed by atoms with van der Waals surface area (Å²) in [5, 5.41) is 3.19. The standard InChI is InChI=1S/C17H23N3/c1-6-7-14-16(19-10-20-17(14)18-5)15-12(3)8-11(2)9-13(15)4/h8-10H,6-7H2,1-5H3,(H,18,19,20). The molecule has 0 atom stereocenters. The Morgan fingerprint density at radius 2 is 1.70 bits per heavy atom. The lowest BCUT2D eigenvalue weighted by atomic mass is 9.93. The van der Waals surface area contributed by atoms with Gasteiger partial charge in [-0.15, -0.1) is 0 Å². The molecule has 0 saturated carbocycles. The van der Waals surface area contributed by atoms with Gasteiger partial charge >= 0.3 is 0 Å². The number of anilines is 1. The molecule has 0 aliphatic carbocycles. The molecule has 1 aromatic heterocycles. The minimum atomic E-state index is 0.941. The fraction of sp³-hybridized carbons (Fsp3) is 0.412. The van der Waals surface area contributed by atoms with Gasteiger partial charge in [0, 0.05) is 18.2 Å². The molecule has 0 bridgehead atoms. The zero-order chi connectivity index (χ0) is 14.7. The van der Waals surface area contributed by atoms with Gasteiger partial charge in [-0.25, -0.2) is 9.97 Å². The molecular formula is C17H23N3. The first-order valence-electron chi connectivity index (χ1n) is 7.18. The number of benzene rings is 1. The number of nitrogens with one attached hydrogen (secondary N) is 1. The number of aryl methyl sites for hydroxylation is 3. The Morgan fingerprint density at radius 3 is 2.25 bits per heavy atom. The van der Waals surface area contributed by atoms with Gasteiger partial charge in [-0.1, -0.05) is 31.0 Å². The Labute approximate surface area is 121 Å². The van der Waals surface area contributed by atoms with Gasteiger partial charge in [0.05, 0.1) is 5.69 Å². The van der Waals surface area contributed by atoms with E-state index in [1.165, 1.54) is 27.8 Å². The topological polar surface area (TPSA) is 37.8 Å². The molecule has 20 heavy (non-hydrogen) atoms. The van der Waals surface area contributed by atoms with Crippen LogP contribution in [-0.4, -0.2) is 17.0 Å². The van der Waals surface area contributed by atoms with Crippen LogP contribution in [0.3, 0.4) is 0 Å². The molecule has 0 amide bonds. The lowest BCUT2D eigenvalue weighted by Crippen LogP contribution is -2.04. The third kappa shape index (κ3) is 2.67. The normalized spacial score (nSPS) is 10.7. The van der Waals surface area contributed by atoms with Crippen LogP contribution in [0.4, 0.5) is 5.82 Å². The molecule has 1 aromatic carbocycles. The number of aromatic nitrogens is 2. The van der Waals surface area contributed by atoms with Crippen LogP contribution in [0.2, 0.25) is 0 Å². The molecule has 0 aliphatic heterocycles. The maximum Gasteiger partial charge on any atom is 0.132 e. The van der Waals surface area contributed by atoms with Gasteiger partial charge in [-0.05, 0) is 38.3 Å². The van der Waals surface area contributed by atoms with Crippen LogP contribution in [0.1, 0.15) is 35.6 Å². The summed E-state index contributed by atoms with van der Waals surface area (Å²) in [5.41, 5.74) is 7.39. The number of rotatable bonds is 4. The predicted octanol–water partition coefficient (Wildman–Crippen LogP) is 4.06. The summed E-state index contributed by atoms with van der Waals surface area (Å²) in [6.07, 6.45) is 3.72. The average molecular weight is 269 g/mol. The summed E-state index contributed by atoms with van der Waals surface area (Å²) in [4.78, 5) is 8.93. The Bertz CT molecular complexity index is 595. The number of hydrogen-bond donors (Lipinski definition) is 1. The summed E-state index contributed by atoms with van der Waals surface area (Å²) >= 11 is 0. The van der Waals surface area contributed by atoms with Crippen molar-refractivity contribution in [3.05, 3.63) is 40.7 Å². The minimum Gasteiger partial charge on any atom is -0.373 e. The molecule has 0 saturated heterocycles. The van der Waals surface area contributed by atoms with Crippen molar-refractivity contribution in [1.82, 2.24) is 9.97 Å². The highest BCUT2D eigenvalue weighted by Crippen LogP contribution is 2.32. The molecule has 106 valence electrons. The Kier molecular flexibility index (Phi) is 4.38. The zero-order valence-corrected chi connectivity index (χ0v) is 13.0. The summed E-state index contributed by atoms with van der Waals surface area (Å²) < 4.78 is 0. The van der Waals surface area contributed by atoms with E-state index in [2.05, 4.69) is 55.1 Å². The molecular weight excluding hydrogens is 246 g/mol. The second-order valence-corrected chi connectivity index (χ2v) is 5.32. The first-order chi connectivity index (χ1) is 9.58. The summed E-state index contributed by atoms with van der Waals surface area (Å²) in [5.74, 6) is 0.941. The van der Waals surface area contributed by atoms with Crippen LogP contribution in [0, 0.1) is 20.8 Å². The van der Waals surface area contributed by atoms with Gasteiger partial charge in [0.25, 0.3) is 0 Å². The lowest BCUT2D eigenvalue weighted by Gasteiger charge is -2.16. The average Bonchev–Trinajstić information content (AvgIpc) is 2.39. The van der Waals surface area contributed by atoms with Crippen molar-refractivity contribution in [2.75, 3.05) is 12.4 Å². The maximum atomic E-state index is 4.58. The van der Waals surface area contributed by atoms with Gasteiger partial charge in [-0.2, -0.15) is 0 Å². The van der Waals surface area contributed by atoms with E-state index < -0.39 is 0 Å². The largest absolute Gasteiger partial charge is 0.373 e. The molecule has 2 rings (SSSR count). The molecule has 0 unspecified atom stereocenters. The smallest absolute Gasteiger partial charge is 0.132 e. The molecule has 3 heteroatoms. The van der Waals surface area contributed by atoms with Crippen LogP contribution in [-0.2, 0) is 6.42 Å². The fourth-order valence-electron chi connectivity index (χ4n) is 2.88. The van der Waals surface area contributed by atoms with Crippen molar-refractivity contribution < 1.29 is 0 Å². The van der Waals surface area contributed by atoms with Crippen molar-refractivity contribution in [3.63, 3.8) is 0 Å². The SMILES string of the molecule is CCCc1c(NC)ncnc1-c1c(C)cc(C)cc1C. The first-order valence-corrected chi connectivity index (χ1v) is 7.18. The molecule has 2 aromatic rings. The van der Waals surface area contributed by atoms with Crippen LogP contribution in [0.15, 0.2) is 18.5 Å². The van der Waals surface area contributed by atoms with E-state index in [0.29, 0.717) is 0 Å². The van der Waals surface area contributed by atoms with Crippen LogP contribution in [0.25, 0.3) is 11.3 Å². The van der Waals surface area contributed by atoms with Gasteiger partial charge in [-0.3, -0.25) is 0 Å². The fourth-order valence-corrected chi connectivity index (χ4v) is 2.88. The number of nitrogens with zero attached hydrogens (tertiary/aromatic N) is 2. The minimum absolute atomic E-state index is 0.941. The van der Waals surface area contributed by atoms with Gasteiger partial charge < -0.3 is 5.32 Å². The maximum absolute atomic E-state index is 4.58. The van der Waals surface area contributed by atoms with Crippen LogP contribution < -0.4 is 5.32 Å². The van der Waals surface area contributed by atoms with Crippen LogP contribution >= 0.6 is 0 Å². The highest BCUT2D eigenvalue weighted by atomic mass is 15.0. The third-order valence-electron chi connectivity index (χ3n) is 3.60. The second-order valence-electron chi connectivity index (χ2n) is 5.32. The number of hydrogen-bond acceptors (Lipinski definition) is 3. The lowest BCUT2D eigenvalue weighted by molar-refractivity contribution is 0.905. The Balaban J connectivity index is 2.69. The molecule has 1 heterocycles. The Hall–Kier alpha value is -1.90. The van der Waals surface area contributed by atoms with Crippen molar-refractivity contribution in [1.29, 1.82) is 0 Å². The molecule has 0 fully saturated rings. The molecule has 0 spiro atoms. The Morgan fingerprint density at radius 1 is 1.05 bits per heavy atom. The van der Waals surface area contributed by atoms with Gasteiger partial charge in [0.2, 0.25) is 0 Å². The van der Waals surface area contributed by atoms with Gasteiger partial charge in [0.1, 0.15) is 12.1 Å². The summed E-state index contributed by atoms with van der Waals surface area (Å²) in [6, 6.07) is 4.44. The van der Waals surface area contributed by atoms with Crippen molar-refractivity contribution >= 4 is 5.82 Å². The second kappa shape index (κ2) is 6.04. The van der Waals surface area contributed by atoms with E-state index in [-0.39, 0.29) is 0 Å². The van der Waals surface area contributed by atoms with E-state index in [0.717, 1.165) is 24.4 Å². The van der Waals surface area contributed by atoms with Crippen molar-refractivity contribution in [2.24, 2.45) is 0 Å². The highest BCUT2D eigenvalue weighted by Gasteiger charge is 2.15. The van der Waals surface area contributed by atoms with E-state index >= 15 is 0 Å². The van der Waals surface area contributed by atoms with Crippen molar-refractivity contribution in [3.8, 4) is 11.3 Å². The van der Waals surface area contributed by atoms with Crippen molar-refractivity contribution in [2.45, 2.75) is 40.5 Å². The monoisotopic (exact) mass is 269 g/mol. The molecule has 3 nitrogen and oxygen atoms in total. The molecule has 1 N–H and O–H groups in total. The highest BCUT2D eigenvalue weighted by molar-refractivity contribution is 5.74. The quantitative estimate of drug-likeness (QED) is 0.909. The van der Waals surface area contributed by atoms with Crippen LogP contribution in [0.5, 0.6) is 0 Å². The zero-order valence-electron chi connectivity index (χ0n) is 13.0. The molecule has 0 aliphatic rings. The predicted molar refractivity (Wildman–Crippen MR) is 85.2 cm³/mol. The molecule has 0 radical (unpaired) electrons. The summed E-state index contributed by atoms with van der Waals surface area (Å²) in [6.45, 7) is 8.64. The van der Waals surface area contributed by atoms with Gasteiger partial charge in [0.15, 0.2) is 0 Å². The first kappa shape index (κ1) is 14.5. The van der Waals surface area contributed by atoms with E-state index in [4.69, 9.17) is 0 Å². The van der Waals surface area contributed by atoms with E-state index in [1.807, 2.05) is 7.05 Å². The van der Waals surface area contributed by atoms with E-state index in [1.54, 1.807) is 6.33 Å². The van der Waals surface area contributed by atoms with E-state index in [9.17, 15) is 0 Å². The third-order valence-corrected chi connectivity index (χ3v) is 3.60. The summed E-state index contributed by atoms with van der Waals surface area (Å²) in [7, 11) is 1.92.